The number of nitriles is 1. The molecule has 0 bridgehead atoms. The van der Waals surface area contributed by atoms with Crippen molar-refractivity contribution in [2.45, 2.75) is 31.0 Å². The first-order valence-corrected chi connectivity index (χ1v) is 7.77. The summed E-state index contributed by atoms with van der Waals surface area (Å²) in [6.45, 7) is 5.16. The Balaban J connectivity index is 2.14. The number of nitrogens with zero attached hydrogens (tertiary/aromatic N) is 3. The Hall–Kier alpha value is -2.46. The molecule has 0 unspecified atom stereocenters. The Bertz CT molecular complexity index is 788. The lowest BCUT2D eigenvalue weighted by Crippen LogP contribution is -2.22. The molecule has 0 aliphatic rings. The van der Waals surface area contributed by atoms with E-state index in [9.17, 15) is 14.4 Å². The number of nitrogens with one attached hydrogen (secondary N) is 1. The van der Waals surface area contributed by atoms with E-state index in [1.54, 1.807) is 26.8 Å². The minimum atomic E-state index is -0.501. The second-order valence-electron chi connectivity index (χ2n) is 4.91. The molecule has 0 saturated carbocycles. The van der Waals surface area contributed by atoms with E-state index in [1.165, 1.54) is 30.0 Å². The summed E-state index contributed by atoms with van der Waals surface area (Å²) in [7, 11) is 0. The smallest absolute Gasteiger partial charge is 0.237 e. The minimum absolute atomic E-state index is 0.293. The highest BCUT2D eigenvalue weighted by atomic mass is 32.2. The molecule has 0 fully saturated rings. The van der Waals surface area contributed by atoms with Crippen molar-refractivity contribution in [2.75, 3.05) is 5.32 Å². The van der Waals surface area contributed by atoms with Gasteiger partial charge in [-0.2, -0.15) is 5.26 Å². The summed E-state index contributed by atoms with van der Waals surface area (Å²) >= 11 is 1.18. The van der Waals surface area contributed by atoms with Gasteiger partial charge in [-0.1, -0.05) is 17.8 Å². The van der Waals surface area contributed by atoms with Crippen molar-refractivity contribution in [3.63, 3.8) is 0 Å². The van der Waals surface area contributed by atoms with Gasteiger partial charge >= 0.3 is 0 Å². The van der Waals surface area contributed by atoms with Gasteiger partial charge in [-0.25, -0.2) is 14.4 Å². The van der Waals surface area contributed by atoms with Crippen LogP contribution in [0.2, 0.25) is 0 Å². The molecule has 1 aromatic heterocycles. The number of thioether (sulfide) groups is 1. The van der Waals surface area contributed by atoms with E-state index in [4.69, 9.17) is 0 Å². The molecule has 118 valence electrons. The molecule has 0 spiro atoms. The van der Waals surface area contributed by atoms with Crippen molar-refractivity contribution in [3.05, 3.63) is 47.2 Å². The predicted octanol–water partition coefficient (Wildman–Crippen LogP) is 3.22. The van der Waals surface area contributed by atoms with Crippen molar-refractivity contribution >= 4 is 23.4 Å². The summed E-state index contributed by atoms with van der Waals surface area (Å²) < 4.78 is 13.1. The van der Waals surface area contributed by atoms with Crippen LogP contribution in [0.5, 0.6) is 0 Å². The third-order valence-electron chi connectivity index (χ3n) is 3.03. The maximum Gasteiger partial charge on any atom is 0.237 e. The fourth-order valence-electron chi connectivity index (χ4n) is 1.93. The zero-order valence-electron chi connectivity index (χ0n) is 12.9. The summed E-state index contributed by atoms with van der Waals surface area (Å²) in [6.07, 6.45) is 0. The van der Waals surface area contributed by atoms with Crippen LogP contribution in [0.25, 0.3) is 0 Å². The maximum absolute atomic E-state index is 13.1. The summed E-state index contributed by atoms with van der Waals surface area (Å²) in [6, 6.07) is 7.75. The van der Waals surface area contributed by atoms with Crippen LogP contribution in [-0.4, -0.2) is 21.1 Å². The number of anilines is 1. The van der Waals surface area contributed by atoms with Gasteiger partial charge in [0.15, 0.2) is 0 Å². The highest BCUT2D eigenvalue weighted by Crippen LogP contribution is 2.27. The van der Waals surface area contributed by atoms with Gasteiger partial charge in [0.05, 0.1) is 10.9 Å². The molecule has 1 N–H and O–H groups in total. The molecule has 0 radical (unpaired) electrons. The number of carbonyl (C=O) groups excluding carboxylic acids is 1. The standard InChI is InChI=1S/C16H15FN4OS/c1-9-14(8-18)16(20-11(3)19-9)23-10(2)15(22)21-13-6-4-5-12(17)7-13/h4-7,10H,1-3H3,(H,21,22)/t10-/m1/s1. The molecular formula is C16H15FN4OS. The number of benzene rings is 1. The highest BCUT2D eigenvalue weighted by molar-refractivity contribution is 8.00. The van der Waals surface area contributed by atoms with E-state index >= 15 is 0 Å². The third-order valence-corrected chi connectivity index (χ3v) is 4.12. The van der Waals surface area contributed by atoms with E-state index in [0.717, 1.165) is 0 Å². The van der Waals surface area contributed by atoms with E-state index in [-0.39, 0.29) is 5.91 Å². The Morgan fingerprint density at radius 1 is 1.39 bits per heavy atom. The molecule has 2 aromatic rings. The lowest BCUT2D eigenvalue weighted by Gasteiger charge is -2.13. The van der Waals surface area contributed by atoms with Gasteiger partial charge in [-0.3, -0.25) is 4.79 Å². The lowest BCUT2D eigenvalue weighted by molar-refractivity contribution is -0.115. The van der Waals surface area contributed by atoms with Crippen molar-refractivity contribution in [1.82, 2.24) is 9.97 Å². The van der Waals surface area contributed by atoms with E-state index in [1.807, 2.05) is 0 Å². The zero-order valence-corrected chi connectivity index (χ0v) is 13.7. The van der Waals surface area contributed by atoms with Crippen LogP contribution in [0.4, 0.5) is 10.1 Å². The highest BCUT2D eigenvalue weighted by Gasteiger charge is 2.19. The van der Waals surface area contributed by atoms with Crippen LogP contribution in [0.15, 0.2) is 29.3 Å². The molecule has 5 nitrogen and oxygen atoms in total. The molecule has 0 saturated heterocycles. The molecule has 1 amide bonds. The monoisotopic (exact) mass is 330 g/mol. The van der Waals surface area contributed by atoms with Gasteiger partial charge in [0, 0.05) is 5.69 Å². The predicted molar refractivity (Wildman–Crippen MR) is 86.6 cm³/mol. The first-order chi connectivity index (χ1) is 10.9. The van der Waals surface area contributed by atoms with Gasteiger partial charge in [0.1, 0.15) is 28.3 Å². The van der Waals surface area contributed by atoms with Crippen LogP contribution in [0.3, 0.4) is 0 Å². The van der Waals surface area contributed by atoms with Crippen molar-refractivity contribution < 1.29 is 9.18 Å². The van der Waals surface area contributed by atoms with Gasteiger partial charge in [-0.05, 0) is 39.0 Å². The Morgan fingerprint density at radius 2 is 2.13 bits per heavy atom. The normalized spacial score (nSPS) is 11.6. The van der Waals surface area contributed by atoms with Crippen molar-refractivity contribution in [2.24, 2.45) is 0 Å². The average molecular weight is 330 g/mol. The quantitative estimate of drug-likeness (QED) is 0.688. The molecule has 0 aliphatic heterocycles. The number of halogens is 1. The fourth-order valence-corrected chi connectivity index (χ4v) is 2.92. The summed E-state index contributed by atoms with van der Waals surface area (Å²) in [4.78, 5) is 20.6. The SMILES string of the molecule is Cc1nc(C)c(C#N)c(S[C@H](C)C(=O)Nc2cccc(F)c2)n1. The number of rotatable bonds is 4. The Morgan fingerprint density at radius 3 is 2.78 bits per heavy atom. The molecule has 1 aromatic carbocycles. The molecule has 2 rings (SSSR count). The van der Waals surface area contributed by atoms with Gasteiger partial charge < -0.3 is 5.32 Å². The number of amides is 1. The van der Waals surface area contributed by atoms with Crippen LogP contribution in [0, 0.1) is 31.0 Å². The third kappa shape index (κ3) is 4.27. The minimum Gasteiger partial charge on any atom is -0.325 e. The van der Waals surface area contributed by atoms with E-state index < -0.39 is 11.1 Å². The summed E-state index contributed by atoms with van der Waals surface area (Å²) in [5, 5.41) is 11.8. The largest absolute Gasteiger partial charge is 0.325 e. The zero-order chi connectivity index (χ0) is 17.0. The molecule has 0 aliphatic carbocycles. The molecule has 23 heavy (non-hydrogen) atoms. The molecule has 1 atom stereocenters. The van der Waals surface area contributed by atoms with E-state index in [2.05, 4.69) is 21.4 Å². The number of aryl methyl sites for hydroxylation is 2. The van der Waals surface area contributed by atoms with Gasteiger partial charge in [0.25, 0.3) is 0 Å². The van der Waals surface area contributed by atoms with Crippen LogP contribution in [-0.2, 0) is 4.79 Å². The van der Waals surface area contributed by atoms with Crippen LogP contribution < -0.4 is 5.32 Å². The van der Waals surface area contributed by atoms with Gasteiger partial charge in [-0.15, -0.1) is 0 Å². The average Bonchev–Trinajstić information content (AvgIpc) is 2.46. The lowest BCUT2D eigenvalue weighted by atomic mass is 10.3. The number of aromatic nitrogens is 2. The first-order valence-electron chi connectivity index (χ1n) is 6.89. The molecule has 7 heteroatoms. The first kappa shape index (κ1) is 16.9. The van der Waals surface area contributed by atoms with Crippen molar-refractivity contribution in [3.8, 4) is 6.07 Å². The Kier molecular flexibility index (Phi) is 5.29. The summed E-state index contributed by atoms with van der Waals surface area (Å²) in [5.74, 6) is -0.169. The van der Waals surface area contributed by atoms with Crippen molar-refractivity contribution in [1.29, 1.82) is 5.26 Å². The second kappa shape index (κ2) is 7.20. The number of carbonyl (C=O) groups is 1. The van der Waals surface area contributed by atoms with Gasteiger partial charge in [0.2, 0.25) is 5.91 Å². The fraction of sp³-hybridized carbons (Fsp3) is 0.250. The summed E-state index contributed by atoms with van der Waals surface area (Å²) in [5.41, 5.74) is 1.34. The molecule has 1 heterocycles. The maximum atomic E-state index is 13.1. The van der Waals surface area contributed by atoms with Crippen LogP contribution >= 0.6 is 11.8 Å². The number of hydrogen-bond acceptors (Lipinski definition) is 5. The Labute approximate surface area is 138 Å². The number of hydrogen-bond donors (Lipinski definition) is 1. The molecular weight excluding hydrogens is 315 g/mol. The van der Waals surface area contributed by atoms with E-state index in [0.29, 0.717) is 27.8 Å². The second-order valence-corrected chi connectivity index (χ2v) is 6.24. The van der Waals surface area contributed by atoms with Crippen LogP contribution in [0.1, 0.15) is 24.0 Å². The topological polar surface area (TPSA) is 78.7 Å².